The molecular weight excluding hydrogens is 256 g/mol. The van der Waals surface area contributed by atoms with Gasteiger partial charge in [-0.05, 0) is 19.3 Å². The maximum Gasteiger partial charge on any atom is 0.0867 e. The van der Waals surface area contributed by atoms with Crippen LogP contribution in [0.4, 0.5) is 0 Å². The molecule has 124 valence electrons. The molecule has 2 nitrogen and oxygen atoms in total. The molecule has 0 heterocycles. The molecule has 2 heteroatoms. The summed E-state index contributed by atoms with van der Waals surface area (Å²) in [5.74, 6) is 0. The van der Waals surface area contributed by atoms with E-state index < -0.39 is 0 Å². The molecule has 0 aliphatic heterocycles. The quantitative estimate of drug-likeness (QED) is 0.249. The Kier molecular flexibility index (Phi) is 13.9. The fourth-order valence-electron chi connectivity index (χ4n) is 3.13. The smallest absolute Gasteiger partial charge is 0.0867 e. The highest BCUT2D eigenvalue weighted by Gasteiger charge is 2.27. The summed E-state index contributed by atoms with van der Waals surface area (Å²) >= 11 is 0. The second-order valence-electron chi connectivity index (χ2n) is 6.53. The third-order valence-corrected chi connectivity index (χ3v) is 4.53. The van der Waals surface area contributed by atoms with Gasteiger partial charge in [-0.2, -0.15) is 0 Å². The van der Waals surface area contributed by atoms with Crippen molar-refractivity contribution in [1.29, 1.82) is 5.41 Å². The molecule has 1 N–H and O–H groups in total. The van der Waals surface area contributed by atoms with E-state index in [9.17, 15) is 0 Å². The van der Waals surface area contributed by atoms with Crippen LogP contribution in [0.5, 0.6) is 0 Å². The molecule has 0 aromatic carbocycles. The van der Waals surface area contributed by atoms with Crippen LogP contribution < -0.4 is 0 Å². The molecule has 0 fully saturated rings. The number of nitrogens with one attached hydrogen (secondary N) is 1. The third-order valence-electron chi connectivity index (χ3n) is 4.53. The Labute approximate surface area is 133 Å². The highest BCUT2D eigenvalue weighted by Crippen LogP contribution is 2.32. The maximum absolute atomic E-state index is 7.36. The first-order valence-corrected chi connectivity index (χ1v) is 9.38. The van der Waals surface area contributed by atoms with Crippen LogP contribution in [0, 0.1) is 5.41 Å². The van der Waals surface area contributed by atoms with Gasteiger partial charge in [0.25, 0.3) is 0 Å². The zero-order valence-corrected chi connectivity index (χ0v) is 14.8. The molecule has 0 aromatic heterocycles. The fourth-order valence-corrected chi connectivity index (χ4v) is 3.13. The van der Waals surface area contributed by atoms with E-state index in [4.69, 9.17) is 5.41 Å². The Bertz CT molecular complexity index is 255. The van der Waals surface area contributed by atoms with Gasteiger partial charge in [-0.3, -0.25) is 0 Å². The topological polar surface area (TPSA) is 36.2 Å². The Balaban J connectivity index is 4.49. The van der Waals surface area contributed by atoms with E-state index in [2.05, 4.69) is 31.8 Å². The van der Waals surface area contributed by atoms with E-state index >= 15 is 0 Å². The van der Waals surface area contributed by atoms with Crippen molar-refractivity contribution in [1.82, 2.24) is 0 Å². The summed E-state index contributed by atoms with van der Waals surface area (Å²) in [6, 6.07) is 2.39. The normalized spacial score (nSPS) is 11.4. The zero-order chi connectivity index (χ0) is 15.8. The second-order valence-corrected chi connectivity index (χ2v) is 6.53. The Morgan fingerprint density at radius 2 is 1.05 bits per heavy atom. The van der Waals surface area contributed by atoms with Gasteiger partial charge >= 0.3 is 0 Å². The molecule has 0 unspecified atom stereocenters. The summed E-state index contributed by atoms with van der Waals surface area (Å²) in [5.41, 5.74) is 0.0262. The summed E-state index contributed by atoms with van der Waals surface area (Å²) in [6.07, 6.45) is 17.7. The standard InChI is InChI=1S/C19H38N2/c1-4-7-10-13-16-19(21-18-20,15-12-9-6-3)17-14-11-8-5-2/h20H,4-17H2,1-3H3. The van der Waals surface area contributed by atoms with Gasteiger partial charge in [0.15, 0.2) is 0 Å². The summed E-state index contributed by atoms with van der Waals surface area (Å²) in [4.78, 5) is 4.54. The summed E-state index contributed by atoms with van der Waals surface area (Å²) in [6.45, 7) is 6.77. The van der Waals surface area contributed by atoms with E-state index in [0.717, 1.165) is 19.3 Å². The third kappa shape index (κ3) is 10.7. The van der Waals surface area contributed by atoms with E-state index in [1.165, 1.54) is 70.6 Å². The van der Waals surface area contributed by atoms with Crippen molar-refractivity contribution in [3.63, 3.8) is 0 Å². The van der Waals surface area contributed by atoms with E-state index in [-0.39, 0.29) is 5.54 Å². The molecule has 0 amide bonds. The highest BCUT2D eigenvalue weighted by molar-refractivity contribution is 5.37. The molecular formula is C19H38N2. The van der Waals surface area contributed by atoms with Crippen molar-refractivity contribution < 1.29 is 0 Å². The lowest BCUT2D eigenvalue weighted by molar-refractivity contribution is 0.309. The van der Waals surface area contributed by atoms with Crippen molar-refractivity contribution in [2.45, 2.75) is 116 Å². The molecule has 0 saturated carbocycles. The van der Waals surface area contributed by atoms with Crippen LogP contribution in [-0.4, -0.2) is 11.5 Å². The van der Waals surface area contributed by atoms with Gasteiger partial charge in [0.1, 0.15) is 0 Å². The molecule has 0 bridgehead atoms. The Hall–Kier alpha value is -0.620. The molecule has 0 atom stereocenters. The van der Waals surface area contributed by atoms with E-state index in [1.807, 2.05) is 0 Å². The number of hydrogen-bond acceptors (Lipinski definition) is 2. The summed E-state index contributed by atoms with van der Waals surface area (Å²) < 4.78 is 0. The number of unbranched alkanes of at least 4 members (excludes halogenated alkanes) is 8. The average molecular weight is 295 g/mol. The highest BCUT2D eigenvalue weighted by atomic mass is 14.9. The van der Waals surface area contributed by atoms with Gasteiger partial charge in [0, 0.05) is 0 Å². The van der Waals surface area contributed by atoms with Gasteiger partial charge < -0.3 is 0 Å². The van der Waals surface area contributed by atoms with Crippen LogP contribution in [-0.2, 0) is 0 Å². The molecule has 0 saturated heterocycles. The summed E-state index contributed by atoms with van der Waals surface area (Å²) in [7, 11) is 0. The van der Waals surface area contributed by atoms with Gasteiger partial charge in [0.05, 0.1) is 11.5 Å². The van der Waals surface area contributed by atoms with Crippen LogP contribution >= 0.6 is 0 Å². The van der Waals surface area contributed by atoms with Crippen LogP contribution in [0.15, 0.2) is 4.99 Å². The Morgan fingerprint density at radius 3 is 1.43 bits per heavy atom. The molecule has 21 heavy (non-hydrogen) atoms. The lowest BCUT2D eigenvalue weighted by atomic mass is 9.82. The van der Waals surface area contributed by atoms with E-state index in [0.29, 0.717) is 0 Å². The molecule has 0 spiro atoms. The van der Waals surface area contributed by atoms with Gasteiger partial charge in [-0.25, -0.2) is 10.4 Å². The van der Waals surface area contributed by atoms with Crippen molar-refractivity contribution in [3.8, 4) is 0 Å². The van der Waals surface area contributed by atoms with Crippen molar-refractivity contribution in [2.24, 2.45) is 4.99 Å². The van der Waals surface area contributed by atoms with Crippen LogP contribution in [0.1, 0.15) is 111 Å². The zero-order valence-electron chi connectivity index (χ0n) is 14.8. The minimum absolute atomic E-state index is 0.0262. The van der Waals surface area contributed by atoms with Crippen molar-refractivity contribution in [3.05, 3.63) is 0 Å². The minimum Gasteiger partial charge on any atom is -0.242 e. The summed E-state index contributed by atoms with van der Waals surface area (Å²) in [5, 5.41) is 7.36. The first kappa shape index (κ1) is 20.4. The largest absolute Gasteiger partial charge is 0.242 e. The fraction of sp³-hybridized carbons (Fsp3) is 0.947. The lowest BCUT2D eigenvalue weighted by Gasteiger charge is -2.29. The number of rotatable bonds is 15. The monoisotopic (exact) mass is 294 g/mol. The average Bonchev–Trinajstić information content (AvgIpc) is 2.49. The van der Waals surface area contributed by atoms with Gasteiger partial charge in [-0.15, -0.1) is 0 Å². The molecule has 0 aromatic rings. The number of nitrogens with zero attached hydrogens (tertiary/aromatic N) is 1. The Morgan fingerprint density at radius 1 is 0.667 bits per heavy atom. The molecule has 0 rings (SSSR count). The van der Waals surface area contributed by atoms with Crippen LogP contribution in [0.3, 0.4) is 0 Å². The first-order valence-electron chi connectivity index (χ1n) is 9.38. The van der Waals surface area contributed by atoms with Crippen molar-refractivity contribution in [2.75, 3.05) is 0 Å². The van der Waals surface area contributed by atoms with Crippen LogP contribution in [0.2, 0.25) is 0 Å². The van der Waals surface area contributed by atoms with Gasteiger partial charge in [-0.1, -0.05) is 91.4 Å². The lowest BCUT2D eigenvalue weighted by Crippen LogP contribution is -2.26. The predicted octanol–water partition coefficient (Wildman–Crippen LogP) is 7.00. The first-order chi connectivity index (χ1) is 10.2. The SMILES string of the molecule is CCCCCCC(CCCCC)(CCCCCC)N=C=N. The molecule has 0 radical (unpaired) electrons. The number of hydrogen-bond donors (Lipinski definition) is 1. The number of aliphatic imine (C=N–C) groups is 1. The van der Waals surface area contributed by atoms with E-state index in [1.54, 1.807) is 0 Å². The molecule has 0 aliphatic carbocycles. The minimum atomic E-state index is 0.0262. The second kappa shape index (κ2) is 14.3. The van der Waals surface area contributed by atoms with Crippen LogP contribution in [0.25, 0.3) is 0 Å². The maximum atomic E-state index is 7.36. The van der Waals surface area contributed by atoms with Gasteiger partial charge in [0.2, 0.25) is 0 Å². The molecule has 0 aliphatic rings. The predicted molar refractivity (Wildman–Crippen MR) is 94.5 cm³/mol. The van der Waals surface area contributed by atoms with Crippen molar-refractivity contribution >= 4 is 6.01 Å².